The van der Waals surface area contributed by atoms with E-state index in [0.29, 0.717) is 0 Å². The first-order valence-corrected chi connectivity index (χ1v) is 6.46. The third-order valence-corrected chi connectivity index (χ3v) is 4.10. The van der Waals surface area contributed by atoms with E-state index < -0.39 is 23.5 Å². The molecule has 3 N–H and O–H groups in total. The number of hydrogen-bond acceptors (Lipinski definition) is 2. The van der Waals surface area contributed by atoms with Crippen LogP contribution in [0.1, 0.15) is 36.4 Å². The van der Waals surface area contributed by atoms with Gasteiger partial charge < -0.3 is 10.8 Å². The first-order valence-electron chi connectivity index (χ1n) is 5.66. The van der Waals surface area contributed by atoms with Crippen LogP contribution in [0.4, 0.5) is 13.2 Å². The lowest BCUT2D eigenvalue weighted by Crippen LogP contribution is -2.29. The Bertz CT molecular complexity index is 457. The average Bonchev–Trinajstić information content (AvgIpc) is 2.17. The summed E-state index contributed by atoms with van der Waals surface area (Å²) in [5.74, 6) is -0.379. The Balaban J connectivity index is 2.50. The van der Waals surface area contributed by atoms with E-state index in [9.17, 15) is 18.3 Å². The van der Waals surface area contributed by atoms with Crippen LogP contribution in [-0.4, -0.2) is 5.11 Å². The van der Waals surface area contributed by atoms with Crippen molar-refractivity contribution in [1.82, 2.24) is 0 Å². The predicted octanol–water partition coefficient (Wildman–Crippen LogP) is 3.97. The fourth-order valence-electron chi connectivity index (χ4n) is 2.20. The van der Waals surface area contributed by atoms with Gasteiger partial charge in [-0.25, -0.2) is 0 Å². The van der Waals surface area contributed by atoms with Crippen molar-refractivity contribution < 1.29 is 18.3 Å². The van der Waals surface area contributed by atoms with Gasteiger partial charge in [0.2, 0.25) is 0 Å². The molecule has 0 unspecified atom stereocenters. The lowest BCUT2D eigenvalue weighted by Gasteiger charge is -2.33. The Morgan fingerprint density at radius 3 is 2.39 bits per heavy atom. The summed E-state index contributed by atoms with van der Waals surface area (Å²) in [5.41, 5.74) is 4.85. The number of rotatable bonds is 2. The highest BCUT2D eigenvalue weighted by Crippen LogP contribution is 2.46. The normalized spacial score (nSPS) is 18.5. The van der Waals surface area contributed by atoms with Gasteiger partial charge >= 0.3 is 6.18 Å². The second-order valence-electron chi connectivity index (χ2n) is 4.57. The summed E-state index contributed by atoms with van der Waals surface area (Å²) in [6, 6.07) is 1.38. The molecule has 2 nitrogen and oxygen atoms in total. The van der Waals surface area contributed by atoms with E-state index in [4.69, 9.17) is 5.73 Å². The van der Waals surface area contributed by atoms with Crippen LogP contribution in [0.5, 0.6) is 5.75 Å². The van der Waals surface area contributed by atoms with Crippen molar-refractivity contribution in [2.45, 2.75) is 31.5 Å². The second-order valence-corrected chi connectivity index (χ2v) is 5.43. The van der Waals surface area contributed by atoms with Crippen molar-refractivity contribution in [2.24, 2.45) is 11.7 Å². The summed E-state index contributed by atoms with van der Waals surface area (Å²) in [4.78, 5) is 0. The Morgan fingerprint density at radius 2 is 1.94 bits per heavy atom. The number of phenolic OH excluding ortho intramolecular Hbond substituents is 1. The number of phenols is 1. The molecule has 18 heavy (non-hydrogen) atoms. The van der Waals surface area contributed by atoms with E-state index in [2.05, 4.69) is 15.9 Å². The molecule has 0 spiro atoms. The highest BCUT2D eigenvalue weighted by Gasteiger charge is 2.39. The van der Waals surface area contributed by atoms with Crippen LogP contribution in [0.25, 0.3) is 0 Å². The molecule has 6 heteroatoms. The molecule has 1 aliphatic rings. The monoisotopic (exact) mass is 323 g/mol. The van der Waals surface area contributed by atoms with Crippen molar-refractivity contribution in [3.63, 3.8) is 0 Å². The summed E-state index contributed by atoms with van der Waals surface area (Å²) in [6.07, 6.45) is -1.90. The van der Waals surface area contributed by atoms with Crippen molar-refractivity contribution in [3.8, 4) is 5.75 Å². The smallest absolute Gasteiger partial charge is 0.416 e. The van der Waals surface area contributed by atoms with Gasteiger partial charge in [-0.1, -0.05) is 6.42 Å². The molecule has 0 aromatic heterocycles. The van der Waals surface area contributed by atoms with Crippen LogP contribution in [0.15, 0.2) is 16.6 Å². The molecule has 100 valence electrons. The molecule has 0 bridgehead atoms. The molecular formula is C12H13BrF3NO. The SMILES string of the molecule is N[C@@H](c1c(C(F)(F)F)ccc(Br)c1O)C1CCC1. The Kier molecular flexibility index (Phi) is 3.60. The van der Waals surface area contributed by atoms with Gasteiger partial charge in [-0.2, -0.15) is 13.2 Å². The summed E-state index contributed by atoms with van der Waals surface area (Å²) >= 11 is 3.03. The van der Waals surface area contributed by atoms with Gasteiger partial charge in [0.25, 0.3) is 0 Å². The first kappa shape index (κ1) is 13.7. The maximum absolute atomic E-state index is 12.9. The number of nitrogens with two attached hydrogens (primary N) is 1. The third kappa shape index (κ3) is 2.36. The molecule has 0 amide bonds. The van der Waals surface area contributed by atoms with E-state index >= 15 is 0 Å². The highest BCUT2D eigenvalue weighted by molar-refractivity contribution is 9.10. The molecule has 2 rings (SSSR count). The number of halogens is 4. The predicted molar refractivity (Wildman–Crippen MR) is 65.1 cm³/mol. The summed E-state index contributed by atoms with van der Waals surface area (Å²) < 4.78 is 39.0. The molecule has 0 heterocycles. The van der Waals surface area contributed by atoms with E-state index in [0.717, 1.165) is 25.3 Å². The van der Waals surface area contributed by atoms with Crippen molar-refractivity contribution in [3.05, 3.63) is 27.7 Å². The van der Waals surface area contributed by atoms with Gasteiger partial charge in [0.1, 0.15) is 5.75 Å². The average molecular weight is 324 g/mol. The van der Waals surface area contributed by atoms with Gasteiger partial charge in [-0.3, -0.25) is 0 Å². The Morgan fingerprint density at radius 1 is 1.33 bits per heavy atom. The van der Waals surface area contributed by atoms with E-state index in [1.54, 1.807) is 0 Å². The number of benzene rings is 1. The van der Waals surface area contributed by atoms with E-state index in [1.165, 1.54) is 6.07 Å². The first-order chi connectivity index (χ1) is 8.32. The zero-order valence-corrected chi connectivity index (χ0v) is 11.1. The second kappa shape index (κ2) is 4.74. The van der Waals surface area contributed by atoms with E-state index in [-0.39, 0.29) is 16.0 Å². The Labute approximate surface area is 111 Å². The van der Waals surface area contributed by atoms with Crippen molar-refractivity contribution in [1.29, 1.82) is 0 Å². The molecule has 1 aromatic rings. The van der Waals surface area contributed by atoms with Gasteiger partial charge in [-0.15, -0.1) is 0 Å². The standard InChI is InChI=1S/C12H13BrF3NO/c13-8-5-4-7(12(14,15)16)9(11(8)18)10(17)6-2-1-3-6/h4-6,10,18H,1-3,17H2/t10-/m1/s1. The Hall–Kier alpha value is -0.750. The van der Waals surface area contributed by atoms with Crippen LogP contribution in [-0.2, 0) is 6.18 Å². The van der Waals surface area contributed by atoms with Crippen molar-refractivity contribution in [2.75, 3.05) is 0 Å². The quantitative estimate of drug-likeness (QED) is 0.864. The van der Waals surface area contributed by atoms with Crippen LogP contribution < -0.4 is 5.73 Å². The zero-order chi connectivity index (χ0) is 13.5. The molecule has 1 saturated carbocycles. The molecule has 1 atom stereocenters. The third-order valence-electron chi connectivity index (χ3n) is 3.46. The molecule has 0 saturated heterocycles. The van der Waals surface area contributed by atoms with Crippen molar-refractivity contribution >= 4 is 15.9 Å². The van der Waals surface area contributed by atoms with Crippen LogP contribution in [0.3, 0.4) is 0 Å². The lowest BCUT2D eigenvalue weighted by atomic mass is 9.76. The minimum atomic E-state index is -4.51. The topological polar surface area (TPSA) is 46.2 Å². The lowest BCUT2D eigenvalue weighted by molar-refractivity contribution is -0.138. The minimum absolute atomic E-state index is 0.0197. The van der Waals surface area contributed by atoms with E-state index in [1.807, 2.05) is 0 Å². The number of hydrogen-bond donors (Lipinski definition) is 2. The van der Waals surface area contributed by atoms with Gasteiger partial charge in [0.15, 0.2) is 0 Å². The highest BCUT2D eigenvalue weighted by atomic mass is 79.9. The number of alkyl halides is 3. The van der Waals surface area contributed by atoms with Crippen LogP contribution >= 0.6 is 15.9 Å². The maximum Gasteiger partial charge on any atom is 0.416 e. The fourth-order valence-corrected chi connectivity index (χ4v) is 2.55. The fraction of sp³-hybridized carbons (Fsp3) is 0.500. The maximum atomic E-state index is 12.9. The van der Waals surface area contributed by atoms with Crippen LogP contribution in [0, 0.1) is 5.92 Å². The molecule has 0 aliphatic heterocycles. The van der Waals surface area contributed by atoms with Gasteiger partial charge in [-0.05, 0) is 46.8 Å². The summed E-state index contributed by atoms with van der Waals surface area (Å²) in [6.45, 7) is 0. The largest absolute Gasteiger partial charge is 0.506 e. The molecule has 1 aromatic carbocycles. The molecule has 1 fully saturated rings. The summed E-state index contributed by atoms with van der Waals surface area (Å²) in [5, 5.41) is 9.85. The van der Waals surface area contributed by atoms with Gasteiger partial charge in [0, 0.05) is 11.6 Å². The molecule has 1 aliphatic carbocycles. The zero-order valence-electron chi connectivity index (χ0n) is 9.47. The minimum Gasteiger partial charge on any atom is -0.506 e. The number of aromatic hydroxyl groups is 1. The van der Waals surface area contributed by atoms with Crippen LogP contribution in [0.2, 0.25) is 0 Å². The molecule has 0 radical (unpaired) electrons. The molecular weight excluding hydrogens is 311 g/mol. The van der Waals surface area contributed by atoms with Gasteiger partial charge in [0.05, 0.1) is 10.0 Å². The summed E-state index contributed by atoms with van der Waals surface area (Å²) in [7, 11) is 0.